The zero-order chi connectivity index (χ0) is 13.6. The molecule has 1 aliphatic heterocycles. The third-order valence-electron chi connectivity index (χ3n) is 3.48. The van der Waals surface area contributed by atoms with E-state index in [4.69, 9.17) is 9.15 Å². The highest BCUT2D eigenvalue weighted by Crippen LogP contribution is 2.26. The van der Waals surface area contributed by atoms with Gasteiger partial charge < -0.3 is 14.5 Å². The van der Waals surface area contributed by atoms with E-state index in [0.29, 0.717) is 5.92 Å². The topological polar surface area (TPSA) is 34.4 Å². The lowest BCUT2D eigenvalue weighted by Gasteiger charge is -2.25. The normalized spacial score (nSPS) is 17.9. The Morgan fingerprint density at radius 2 is 2.15 bits per heavy atom. The summed E-state index contributed by atoms with van der Waals surface area (Å²) < 4.78 is 11.0. The van der Waals surface area contributed by atoms with Gasteiger partial charge in [-0.3, -0.25) is 0 Å². The Kier molecular flexibility index (Phi) is 4.19. The Hall–Kier alpha value is -2.00. The Labute approximate surface area is 119 Å². The van der Waals surface area contributed by atoms with E-state index in [2.05, 4.69) is 23.5 Å². The first-order chi connectivity index (χ1) is 9.92. The highest BCUT2D eigenvalue weighted by atomic mass is 16.5. The van der Waals surface area contributed by atoms with Crippen molar-refractivity contribution in [3.05, 3.63) is 60.1 Å². The van der Waals surface area contributed by atoms with Crippen LogP contribution in [0.5, 0.6) is 5.75 Å². The van der Waals surface area contributed by atoms with E-state index in [1.54, 1.807) is 6.26 Å². The predicted octanol–water partition coefficient (Wildman–Crippen LogP) is 3.13. The molecular formula is C17H19NO2. The van der Waals surface area contributed by atoms with Crippen molar-refractivity contribution < 1.29 is 9.15 Å². The SMILES string of the molecule is C(=C\c1ccco1)/CNC[C@H]1COc2ccccc2C1. The molecule has 2 aromatic rings. The molecule has 1 aliphatic rings. The van der Waals surface area contributed by atoms with Gasteiger partial charge in [0.05, 0.1) is 12.9 Å². The Balaban J connectivity index is 1.42. The van der Waals surface area contributed by atoms with Crippen LogP contribution in [0.4, 0.5) is 0 Å². The minimum atomic E-state index is 0.543. The Morgan fingerprint density at radius 1 is 1.20 bits per heavy atom. The minimum absolute atomic E-state index is 0.543. The van der Waals surface area contributed by atoms with Gasteiger partial charge in [0.2, 0.25) is 0 Å². The van der Waals surface area contributed by atoms with Crippen LogP contribution in [0, 0.1) is 5.92 Å². The molecule has 1 N–H and O–H groups in total. The van der Waals surface area contributed by atoms with Crippen molar-refractivity contribution in [3.8, 4) is 5.75 Å². The van der Waals surface area contributed by atoms with Crippen LogP contribution in [0.25, 0.3) is 6.08 Å². The molecular weight excluding hydrogens is 250 g/mol. The molecule has 3 rings (SSSR count). The quantitative estimate of drug-likeness (QED) is 0.847. The maximum absolute atomic E-state index is 5.78. The van der Waals surface area contributed by atoms with Gasteiger partial charge in [-0.2, -0.15) is 0 Å². The molecule has 0 amide bonds. The molecule has 104 valence electrons. The Morgan fingerprint density at radius 3 is 3.05 bits per heavy atom. The van der Waals surface area contributed by atoms with E-state index >= 15 is 0 Å². The van der Waals surface area contributed by atoms with Crippen molar-refractivity contribution in [2.45, 2.75) is 6.42 Å². The van der Waals surface area contributed by atoms with E-state index in [9.17, 15) is 0 Å². The summed E-state index contributed by atoms with van der Waals surface area (Å²) in [6.45, 7) is 2.61. The van der Waals surface area contributed by atoms with Crippen LogP contribution in [-0.4, -0.2) is 19.7 Å². The number of hydrogen-bond donors (Lipinski definition) is 1. The fourth-order valence-electron chi connectivity index (χ4n) is 2.45. The number of hydrogen-bond acceptors (Lipinski definition) is 3. The van der Waals surface area contributed by atoms with Crippen LogP contribution >= 0.6 is 0 Å². The summed E-state index contributed by atoms with van der Waals surface area (Å²) >= 11 is 0. The number of para-hydroxylation sites is 1. The van der Waals surface area contributed by atoms with Gasteiger partial charge in [0, 0.05) is 19.0 Å². The van der Waals surface area contributed by atoms with Crippen LogP contribution < -0.4 is 10.1 Å². The highest BCUT2D eigenvalue weighted by molar-refractivity contribution is 5.42. The summed E-state index contributed by atoms with van der Waals surface area (Å²) in [5.74, 6) is 2.48. The molecule has 0 unspecified atom stereocenters. The lowest BCUT2D eigenvalue weighted by atomic mass is 9.97. The van der Waals surface area contributed by atoms with Crippen molar-refractivity contribution in [1.29, 1.82) is 0 Å². The first-order valence-electron chi connectivity index (χ1n) is 7.03. The lowest BCUT2D eigenvalue weighted by Crippen LogP contribution is -2.31. The van der Waals surface area contributed by atoms with Crippen molar-refractivity contribution in [2.24, 2.45) is 5.92 Å². The molecule has 0 spiro atoms. The summed E-state index contributed by atoms with van der Waals surface area (Å²) in [5, 5.41) is 3.44. The van der Waals surface area contributed by atoms with Gasteiger partial charge >= 0.3 is 0 Å². The first kappa shape index (κ1) is 13.0. The maximum Gasteiger partial charge on any atom is 0.126 e. The fourth-order valence-corrected chi connectivity index (χ4v) is 2.45. The molecule has 0 saturated carbocycles. The first-order valence-corrected chi connectivity index (χ1v) is 7.03. The molecule has 0 saturated heterocycles. The molecule has 0 bridgehead atoms. The molecule has 0 fully saturated rings. The van der Waals surface area contributed by atoms with Gasteiger partial charge in [-0.05, 0) is 36.3 Å². The highest BCUT2D eigenvalue weighted by Gasteiger charge is 2.18. The van der Waals surface area contributed by atoms with Gasteiger partial charge in [-0.25, -0.2) is 0 Å². The molecule has 2 heterocycles. The molecule has 1 aromatic carbocycles. The van der Waals surface area contributed by atoms with E-state index in [1.807, 2.05) is 30.3 Å². The summed E-state index contributed by atoms with van der Waals surface area (Å²) in [6, 6.07) is 12.1. The van der Waals surface area contributed by atoms with E-state index in [-0.39, 0.29) is 0 Å². The third-order valence-corrected chi connectivity index (χ3v) is 3.48. The average Bonchev–Trinajstić information content (AvgIpc) is 3.00. The van der Waals surface area contributed by atoms with Crippen LogP contribution in [0.1, 0.15) is 11.3 Å². The lowest BCUT2D eigenvalue weighted by molar-refractivity contribution is 0.219. The molecule has 20 heavy (non-hydrogen) atoms. The maximum atomic E-state index is 5.78. The number of benzene rings is 1. The van der Waals surface area contributed by atoms with Gasteiger partial charge in [0.25, 0.3) is 0 Å². The van der Waals surface area contributed by atoms with E-state index in [0.717, 1.165) is 37.6 Å². The van der Waals surface area contributed by atoms with Gasteiger partial charge in [-0.1, -0.05) is 24.3 Å². The van der Waals surface area contributed by atoms with Crippen molar-refractivity contribution in [1.82, 2.24) is 5.32 Å². The van der Waals surface area contributed by atoms with E-state index in [1.165, 1.54) is 5.56 Å². The number of nitrogens with one attached hydrogen (secondary N) is 1. The molecule has 1 atom stereocenters. The van der Waals surface area contributed by atoms with E-state index < -0.39 is 0 Å². The molecule has 0 aliphatic carbocycles. The van der Waals surface area contributed by atoms with Gasteiger partial charge in [0.15, 0.2) is 0 Å². The predicted molar refractivity (Wildman–Crippen MR) is 79.7 cm³/mol. The zero-order valence-corrected chi connectivity index (χ0v) is 11.4. The number of ether oxygens (including phenoxy) is 1. The second kappa shape index (κ2) is 6.44. The van der Waals surface area contributed by atoms with Crippen LogP contribution in [0.3, 0.4) is 0 Å². The number of furan rings is 1. The molecule has 3 nitrogen and oxygen atoms in total. The van der Waals surface area contributed by atoms with Crippen molar-refractivity contribution in [2.75, 3.05) is 19.7 Å². The third kappa shape index (κ3) is 3.31. The van der Waals surface area contributed by atoms with Crippen molar-refractivity contribution in [3.63, 3.8) is 0 Å². The smallest absolute Gasteiger partial charge is 0.126 e. The molecule has 3 heteroatoms. The Bertz CT molecular complexity index is 560. The van der Waals surface area contributed by atoms with Crippen LogP contribution in [-0.2, 0) is 6.42 Å². The largest absolute Gasteiger partial charge is 0.493 e. The van der Waals surface area contributed by atoms with Gasteiger partial charge in [0.1, 0.15) is 11.5 Å². The second-order valence-electron chi connectivity index (χ2n) is 5.06. The number of rotatable bonds is 5. The fraction of sp³-hybridized carbons (Fsp3) is 0.294. The second-order valence-corrected chi connectivity index (χ2v) is 5.06. The number of fused-ring (bicyclic) bond motifs is 1. The van der Waals surface area contributed by atoms with Gasteiger partial charge in [-0.15, -0.1) is 0 Å². The molecule has 1 aromatic heterocycles. The summed E-state index contributed by atoms with van der Waals surface area (Å²) in [6.07, 6.45) is 6.84. The zero-order valence-electron chi connectivity index (χ0n) is 11.4. The summed E-state index contributed by atoms with van der Waals surface area (Å²) in [4.78, 5) is 0. The molecule has 0 radical (unpaired) electrons. The minimum Gasteiger partial charge on any atom is -0.493 e. The van der Waals surface area contributed by atoms with Crippen LogP contribution in [0.15, 0.2) is 53.2 Å². The average molecular weight is 269 g/mol. The standard InChI is InChI=1S/C17H19NO2/c1-2-8-17-15(5-1)11-14(13-20-17)12-18-9-3-6-16-7-4-10-19-16/h1-8,10,14,18H,9,11-13H2/b6-3+/t14-/m0/s1. The summed E-state index contributed by atoms with van der Waals surface area (Å²) in [5.41, 5.74) is 1.32. The summed E-state index contributed by atoms with van der Waals surface area (Å²) in [7, 11) is 0. The van der Waals surface area contributed by atoms with Crippen LogP contribution in [0.2, 0.25) is 0 Å². The van der Waals surface area contributed by atoms with Crippen molar-refractivity contribution >= 4 is 6.08 Å². The monoisotopic (exact) mass is 269 g/mol.